The number of halogens is 3. The monoisotopic (exact) mass is 287 g/mol. The smallest absolute Gasteiger partial charge is 0.163 e. The number of nitrogens with zero attached hydrogens (tertiary/aromatic N) is 1. The van der Waals surface area contributed by atoms with Crippen LogP contribution in [0.1, 0.15) is 24.8 Å². The Labute approximate surface area is 100 Å². The predicted octanol–water partition coefficient (Wildman–Crippen LogP) is 3.31. The minimum atomic E-state index is -1.07. The van der Waals surface area contributed by atoms with E-state index in [4.69, 9.17) is 5.26 Å². The lowest BCUT2D eigenvalue weighted by molar-refractivity contribution is -0.117. The fraction of sp³-hybridized carbons (Fsp3) is 0.273. The van der Waals surface area contributed by atoms with Crippen LogP contribution in [-0.4, -0.2) is 5.78 Å². The highest BCUT2D eigenvalue weighted by Gasteiger charge is 2.20. The van der Waals surface area contributed by atoms with E-state index in [1.54, 1.807) is 6.07 Å². The summed E-state index contributed by atoms with van der Waals surface area (Å²) in [4.78, 5) is 10.9. The van der Waals surface area contributed by atoms with Gasteiger partial charge in [0.05, 0.1) is 12.0 Å². The second-order valence-corrected chi connectivity index (χ2v) is 4.29. The molecule has 2 nitrogen and oxygen atoms in total. The second kappa shape index (κ2) is 5.17. The molecule has 0 radical (unpaired) electrons. The van der Waals surface area contributed by atoms with Gasteiger partial charge in [-0.2, -0.15) is 5.26 Å². The lowest BCUT2D eigenvalue weighted by Gasteiger charge is -2.09. The Morgan fingerprint density at radius 2 is 2.19 bits per heavy atom. The van der Waals surface area contributed by atoms with Crippen LogP contribution in [0.5, 0.6) is 0 Å². The van der Waals surface area contributed by atoms with Crippen molar-refractivity contribution in [1.29, 1.82) is 5.26 Å². The van der Waals surface area contributed by atoms with Gasteiger partial charge in [0.2, 0.25) is 0 Å². The Morgan fingerprint density at radius 1 is 1.56 bits per heavy atom. The first kappa shape index (κ1) is 12.8. The lowest BCUT2D eigenvalue weighted by Crippen LogP contribution is -2.06. The normalized spacial score (nSPS) is 11.9. The van der Waals surface area contributed by atoms with Crippen LogP contribution in [0.25, 0.3) is 0 Å². The van der Waals surface area contributed by atoms with Crippen LogP contribution < -0.4 is 0 Å². The molecule has 0 aliphatic carbocycles. The van der Waals surface area contributed by atoms with Crippen molar-refractivity contribution in [3.05, 3.63) is 33.8 Å². The SMILES string of the molecule is CC(=O)CC(C#N)c1cc(Br)cc(F)c1F. The summed E-state index contributed by atoms with van der Waals surface area (Å²) in [7, 11) is 0. The summed E-state index contributed by atoms with van der Waals surface area (Å²) in [6, 6.07) is 4.08. The molecule has 5 heteroatoms. The zero-order valence-electron chi connectivity index (χ0n) is 8.43. The largest absolute Gasteiger partial charge is 0.300 e. The number of benzene rings is 1. The number of carbonyl (C=O) groups is 1. The number of carbonyl (C=O) groups excluding carboxylic acids is 1. The maximum Gasteiger partial charge on any atom is 0.163 e. The third-order valence-corrected chi connectivity index (χ3v) is 2.50. The van der Waals surface area contributed by atoms with Gasteiger partial charge in [0, 0.05) is 16.5 Å². The molecule has 0 spiro atoms. The molecule has 0 saturated carbocycles. The van der Waals surface area contributed by atoms with Crippen LogP contribution in [0.4, 0.5) is 8.78 Å². The average Bonchev–Trinajstić information content (AvgIpc) is 2.20. The van der Waals surface area contributed by atoms with E-state index in [1.165, 1.54) is 13.0 Å². The van der Waals surface area contributed by atoms with Gasteiger partial charge in [-0.25, -0.2) is 8.78 Å². The van der Waals surface area contributed by atoms with Gasteiger partial charge in [-0.1, -0.05) is 15.9 Å². The second-order valence-electron chi connectivity index (χ2n) is 3.38. The van der Waals surface area contributed by atoms with Crippen molar-refractivity contribution < 1.29 is 13.6 Å². The zero-order valence-corrected chi connectivity index (χ0v) is 10.0. The Balaban J connectivity index is 3.20. The van der Waals surface area contributed by atoms with Gasteiger partial charge in [0.15, 0.2) is 11.6 Å². The molecular weight excluding hydrogens is 280 g/mol. The Hall–Kier alpha value is -1.28. The molecule has 84 valence electrons. The van der Waals surface area contributed by atoms with Crippen LogP contribution in [0.15, 0.2) is 16.6 Å². The van der Waals surface area contributed by atoms with Crippen LogP contribution in [0, 0.1) is 23.0 Å². The molecule has 0 fully saturated rings. The van der Waals surface area contributed by atoms with Gasteiger partial charge in [0.25, 0.3) is 0 Å². The highest BCUT2D eigenvalue weighted by atomic mass is 79.9. The van der Waals surface area contributed by atoms with Crippen molar-refractivity contribution in [1.82, 2.24) is 0 Å². The number of hydrogen-bond acceptors (Lipinski definition) is 2. The molecular formula is C11H8BrF2NO. The van der Waals surface area contributed by atoms with Crippen molar-refractivity contribution >= 4 is 21.7 Å². The molecule has 1 aromatic carbocycles. The highest BCUT2D eigenvalue weighted by molar-refractivity contribution is 9.10. The van der Waals surface area contributed by atoms with Crippen molar-refractivity contribution in [3.63, 3.8) is 0 Å². The van der Waals surface area contributed by atoms with E-state index in [2.05, 4.69) is 15.9 Å². The summed E-state index contributed by atoms with van der Waals surface area (Å²) in [5, 5.41) is 8.83. The molecule has 1 unspecified atom stereocenters. The average molecular weight is 288 g/mol. The van der Waals surface area contributed by atoms with E-state index in [0.29, 0.717) is 4.47 Å². The molecule has 0 N–H and O–H groups in total. The molecule has 0 heterocycles. The van der Waals surface area contributed by atoms with E-state index in [1.807, 2.05) is 0 Å². The molecule has 0 aliphatic rings. The molecule has 16 heavy (non-hydrogen) atoms. The number of hydrogen-bond donors (Lipinski definition) is 0. The van der Waals surface area contributed by atoms with E-state index >= 15 is 0 Å². The van der Waals surface area contributed by atoms with Crippen LogP contribution in [0.2, 0.25) is 0 Å². The first-order chi connectivity index (χ1) is 7.45. The van der Waals surface area contributed by atoms with Gasteiger partial charge in [-0.15, -0.1) is 0 Å². The van der Waals surface area contributed by atoms with Gasteiger partial charge in [-0.05, 0) is 19.1 Å². The van der Waals surface area contributed by atoms with Gasteiger partial charge in [-0.3, -0.25) is 4.79 Å². The maximum atomic E-state index is 13.4. The summed E-state index contributed by atoms with van der Waals surface area (Å²) >= 11 is 3.01. The van der Waals surface area contributed by atoms with E-state index in [0.717, 1.165) is 6.07 Å². The van der Waals surface area contributed by atoms with Gasteiger partial charge >= 0.3 is 0 Å². The lowest BCUT2D eigenvalue weighted by atomic mass is 9.95. The minimum absolute atomic E-state index is 0.0930. The number of Topliss-reactive ketones (excluding diaryl/α,β-unsaturated/α-hetero) is 1. The third-order valence-electron chi connectivity index (χ3n) is 2.04. The van der Waals surface area contributed by atoms with E-state index in [9.17, 15) is 13.6 Å². The molecule has 0 aromatic heterocycles. The Kier molecular flexibility index (Phi) is 4.13. The zero-order chi connectivity index (χ0) is 12.3. The summed E-state index contributed by atoms with van der Waals surface area (Å²) < 4.78 is 26.8. The Bertz CT molecular complexity index is 468. The number of ketones is 1. The van der Waals surface area contributed by atoms with Crippen molar-refractivity contribution in [2.75, 3.05) is 0 Å². The quantitative estimate of drug-likeness (QED) is 0.800. The fourth-order valence-corrected chi connectivity index (χ4v) is 1.79. The number of rotatable bonds is 3. The molecule has 1 aromatic rings. The van der Waals surface area contributed by atoms with Crippen LogP contribution >= 0.6 is 15.9 Å². The van der Waals surface area contributed by atoms with Crippen molar-refractivity contribution in [2.45, 2.75) is 19.3 Å². The molecule has 0 saturated heterocycles. The van der Waals surface area contributed by atoms with Crippen molar-refractivity contribution in [2.24, 2.45) is 0 Å². The minimum Gasteiger partial charge on any atom is -0.300 e. The maximum absolute atomic E-state index is 13.4. The summed E-state index contributed by atoms with van der Waals surface area (Å²) in [5.74, 6) is -3.31. The van der Waals surface area contributed by atoms with Gasteiger partial charge in [0.1, 0.15) is 5.78 Å². The van der Waals surface area contributed by atoms with Crippen LogP contribution in [-0.2, 0) is 4.79 Å². The molecule has 0 aliphatic heterocycles. The molecule has 1 rings (SSSR count). The standard InChI is InChI=1S/C11H8BrF2NO/c1-6(16)2-7(5-15)9-3-8(12)4-10(13)11(9)14/h3-4,7H,2H2,1H3. The topological polar surface area (TPSA) is 40.9 Å². The third kappa shape index (κ3) is 2.86. The highest BCUT2D eigenvalue weighted by Crippen LogP contribution is 2.27. The summed E-state index contributed by atoms with van der Waals surface area (Å²) in [6.45, 7) is 1.30. The molecule has 0 bridgehead atoms. The van der Waals surface area contributed by atoms with Crippen LogP contribution in [0.3, 0.4) is 0 Å². The molecule has 1 atom stereocenters. The molecule has 0 amide bonds. The predicted molar refractivity (Wildman–Crippen MR) is 57.7 cm³/mol. The summed E-state index contributed by atoms with van der Waals surface area (Å²) in [6.07, 6.45) is -0.122. The van der Waals surface area contributed by atoms with Crippen molar-refractivity contribution in [3.8, 4) is 6.07 Å². The van der Waals surface area contributed by atoms with E-state index < -0.39 is 17.6 Å². The van der Waals surface area contributed by atoms with Gasteiger partial charge < -0.3 is 0 Å². The number of nitriles is 1. The summed E-state index contributed by atoms with van der Waals surface area (Å²) in [5.41, 5.74) is -0.0930. The first-order valence-corrected chi connectivity index (χ1v) is 5.28. The first-order valence-electron chi connectivity index (χ1n) is 4.49. The van der Waals surface area contributed by atoms with E-state index in [-0.39, 0.29) is 17.8 Å². The fourth-order valence-electron chi connectivity index (χ4n) is 1.34. The Morgan fingerprint density at radius 3 is 2.69 bits per heavy atom.